The van der Waals surface area contributed by atoms with Crippen molar-refractivity contribution < 1.29 is 14.6 Å². The minimum Gasteiger partial charge on any atom is -0.487 e. The molecule has 4 aromatic rings. The number of carbonyl (C=O) groups is 1. The molecule has 0 aliphatic rings. The second kappa shape index (κ2) is 10.1. The number of nitrogens with zero attached hydrogens (tertiary/aromatic N) is 3. The number of para-hydroxylation sites is 1. The number of carboxylic acid groups (broad SMARTS) is 1. The average Bonchev–Trinajstić information content (AvgIpc) is 3.21. The Morgan fingerprint density at radius 3 is 2.26 bits per heavy atom. The van der Waals surface area contributed by atoms with Crippen molar-refractivity contribution in [2.24, 2.45) is 0 Å². The predicted molar refractivity (Wildman–Crippen MR) is 134 cm³/mol. The minimum absolute atomic E-state index is 0.105. The molecule has 0 fully saturated rings. The Kier molecular flexibility index (Phi) is 7.12. The van der Waals surface area contributed by atoms with Crippen LogP contribution in [0.3, 0.4) is 0 Å². The zero-order valence-electron chi connectivity index (χ0n) is 18.3. The maximum absolute atomic E-state index is 11.1. The van der Waals surface area contributed by atoms with Crippen LogP contribution in [-0.4, -0.2) is 26.1 Å². The normalized spacial score (nSPS) is 11.1. The molecule has 1 heterocycles. The van der Waals surface area contributed by atoms with E-state index in [1.54, 1.807) is 59.3 Å². The van der Waals surface area contributed by atoms with Crippen molar-refractivity contribution in [1.29, 1.82) is 0 Å². The molecule has 1 aromatic heterocycles. The van der Waals surface area contributed by atoms with E-state index >= 15 is 0 Å². The fourth-order valence-electron chi connectivity index (χ4n) is 3.53. The second-order valence-corrected chi connectivity index (χ2v) is 9.09. The van der Waals surface area contributed by atoms with E-state index in [-0.39, 0.29) is 18.1 Å². The molecule has 4 rings (SSSR count). The maximum Gasteiger partial charge on any atom is 0.335 e. The van der Waals surface area contributed by atoms with E-state index in [4.69, 9.17) is 44.6 Å². The predicted octanol–water partition coefficient (Wildman–Crippen LogP) is 7.30. The molecular weight excluding hydrogens is 497 g/mol. The Hall–Kier alpha value is -3.06. The van der Waals surface area contributed by atoms with Crippen molar-refractivity contribution in [3.05, 3.63) is 92.7 Å². The summed E-state index contributed by atoms with van der Waals surface area (Å²) in [6.07, 6.45) is 0. The highest BCUT2D eigenvalue weighted by atomic mass is 35.5. The first kappa shape index (κ1) is 24.1. The quantitative estimate of drug-likeness (QED) is 0.279. The van der Waals surface area contributed by atoms with Crippen LogP contribution in [0.15, 0.2) is 60.7 Å². The van der Waals surface area contributed by atoms with E-state index in [0.29, 0.717) is 26.5 Å². The van der Waals surface area contributed by atoms with Crippen LogP contribution in [0.25, 0.3) is 16.8 Å². The first-order valence-electron chi connectivity index (χ1n) is 10.4. The zero-order chi connectivity index (χ0) is 24.4. The number of halogens is 3. The Bertz CT molecular complexity index is 1330. The number of aromatic nitrogens is 3. The number of aromatic carboxylic acids is 1. The number of rotatable bonds is 7. The van der Waals surface area contributed by atoms with Crippen LogP contribution >= 0.6 is 34.8 Å². The molecule has 0 saturated heterocycles. The highest BCUT2D eigenvalue weighted by Gasteiger charge is 2.21. The summed E-state index contributed by atoms with van der Waals surface area (Å²) in [7, 11) is 0. The molecule has 0 spiro atoms. The summed E-state index contributed by atoms with van der Waals surface area (Å²) in [6.45, 7) is 4.21. The molecule has 34 heavy (non-hydrogen) atoms. The van der Waals surface area contributed by atoms with Gasteiger partial charge in [0.25, 0.3) is 0 Å². The van der Waals surface area contributed by atoms with E-state index in [1.807, 2.05) is 19.9 Å². The van der Waals surface area contributed by atoms with E-state index in [1.165, 1.54) is 0 Å². The van der Waals surface area contributed by atoms with Gasteiger partial charge in [0.1, 0.15) is 23.7 Å². The highest BCUT2D eigenvalue weighted by Crippen LogP contribution is 2.33. The fraction of sp³-hybridized carbons (Fsp3) is 0.160. The first-order chi connectivity index (χ1) is 16.3. The van der Waals surface area contributed by atoms with Crippen LogP contribution in [0, 0.1) is 0 Å². The van der Waals surface area contributed by atoms with Gasteiger partial charge in [-0.2, -0.15) is 0 Å². The van der Waals surface area contributed by atoms with Crippen LogP contribution in [0.1, 0.15) is 41.5 Å². The van der Waals surface area contributed by atoms with Crippen molar-refractivity contribution in [1.82, 2.24) is 15.0 Å². The van der Waals surface area contributed by atoms with Gasteiger partial charge in [0.2, 0.25) is 0 Å². The largest absolute Gasteiger partial charge is 0.487 e. The standard InChI is InChI=1S/C25H20Cl3N3O3/c1-14(2)23-22(31(30-29-23)24-19(26)4-3-5-20(24)27)13-34-17-10-11-18(21(28)12-17)15-6-8-16(9-7-15)25(32)33/h3-12,14H,13H2,1-2H3,(H,32,33). The number of carboxylic acids is 1. The molecule has 0 bridgehead atoms. The Morgan fingerprint density at radius 2 is 1.68 bits per heavy atom. The molecule has 0 radical (unpaired) electrons. The Balaban J connectivity index is 1.61. The van der Waals surface area contributed by atoms with Gasteiger partial charge in [-0.1, -0.05) is 72.1 Å². The van der Waals surface area contributed by atoms with Crippen LogP contribution in [0.2, 0.25) is 15.1 Å². The molecule has 6 nitrogen and oxygen atoms in total. The molecular formula is C25H20Cl3N3O3. The lowest BCUT2D eigenvalue weighted by Gasteiger charge is -2.14. The topological polar surface area (TPSA) is 77.2 Å². The molecule has 1 N–H and O–H groups in total. The monoisotopic (exact) mass is 515 g/mol. The molecule has 0 amide bonds. The van der Waals surface area contributed by atoms with Crippen molar-refractivity contribution in [2.75, 3.05) is 0 Å². The van der Waals surface area contributed by atoms with E-state index in [9.17, 15) is 4.79 Å². The molecule has 3 aromatic carbocycles. The molecule has 0 atom stereocenters. The van der Waals surface area contributed by atoms with Gasteiger partial charge in [-0.25, -0.2) is 9.48 Å². The van der Waals surface area contributed by atoms with Crippen molar-refractivity contribution in [3.63, 3.8) is 0 Å². The second-order valence-electron chi connectivity index (χ2n) is 7.87. The third-order valence-electron chi connectivity index (χ3n) is 5.25. The van der Waals surface area contributed by atoms with Gasteiger partial charge in [0.05, 0.1) is 26.3 Å². The third-order valence-corrected chi connectivity index (χ3v) is 6.17. The van der Waals surface area contributed by atoms with E-state index < -0.39 is 5.97 Å². The van der Waals surface area contributed by atoms with Gasteiger partial charge in [-0.3, -0.25) is 0 Å². The number of hydrogen-bond donors (Lipinski definition) is 1. The smallest absolute Gasteiger partial charge is 0.335 e. The van der Waals surface area contributed by atoms with Crippen LogP contribution < -0.4 is 4.74 Å². The SMILES string of the molecule is CC(C)c1nnn(-c2c(Cl)cccc2Cl)c1COc1ccc(-c2ccc(C(=O)O)cc2)c(Cl)c1. The van der Waals surface area contributed by atoms with Gasteiger partial charge >= 0.3 is 5.97 Å². The van der Waals surface area contributed by atoms with Gasteiger partial charge in [0.15, 0.2) is 0 Å². The summed E-state index contributed by atoms with van der Waals surface area (Å²) in [5, 5.41) is 19.1. The molecule has 0 aliphatic heterocycles. The van der Waals surface area contributed by atoms with Gasteiger partial charge < -0.3 is 9.84 Å². The Labute approximate surface area is 211 Å². The summed E-state index contributed by atoms with van der Waals surface area (Å²) in [4.78, 5) is 11.1. The fourth-order valence-corrected chi connectivity index (χ4v) is 4.37. The minimum atomic E-state index is -0.978. The molecule has 0 saturated carbocycles. The highest BCUT2D eigenvalue weighted by molar-refractivity contribution is 6.37. The average molecular weight is 517 g/mol. The van der Waals surface area contributed by atoms with Gasteiger partial charge in [0, 0.05) is 5.56 Å². The van der Waals surface area contributed by atoms with Crippen LogP contribution in [0.4, 0.5) is 0 Å². The van der Waals surface area contributed by atoms with Gasteiger partial charge in [-0.15, -0.1) is 5.10 Å². The summed E-state index contributed by atoms with van der Waals surface area (Å²) < 4.78 is 7.67. The third kappa shape index (κ3) is 4.89. The molecule has 174 valence electrons. The molecule has 9 heteroatoms. The van der Waals surface area contributed by atoms with E-state index in [0.717, 1.165) is 22.5 Å². The summed E-state index contributed by atoms with van der Waals surface area (Å²) >= 11 is 19.3. The molecule has 0 unspecified atom stereocenters. The lowest BCUT2D eigenvalue weighted by Crippen LogP contribution is -2.09. The van der Waals surface area contributed by atoms with Crippen molar-refractivity contribution >= 4 is 40.8 Å². The molecule has 0 aliphatic carbocycles. The summed E-state index contributed by atoms with van der Waals surface area (Å²) in [5.41, 5.74) is 3.83. The van der Waals surface area contributed by atoms with Crippen LogP contribution in [-0.2, 0) is 6.61 Å². The summed E-state index contributed by atoms with van der Waals surface area (Å²) in [5.74, 6) is -0.314. The lowest BCUT2D eigenvalue weighted by molar-refractivity contribution is 0.0697. The van der Waals surface area contributed by atoms with E-state index in [2.05, 4.69) is 10.3 Å². The van der Waals surface area contributed by atoms with Crippen molar-refractivity contribution in [3.8, 4) is 22.6 Å². The zero-order valence-corrected chi connectivity index (χ0v) is 20.6. The first-order valence-corrected chi connectivity index (χ1v) is 11.5. The number of hydrogen-bond acceptors (Lipinski definition) is 4. The number of ether oxygens (including phenoxy) is 1. The van der Waals surface area contributed by atoms with Crippen LogP contribution in [0.5, 0.6) is 5.75 Å². The van der Waals surface area contributed by atoms with Crippen molar-refractivity contribution in [2.45, 2.75) is 26.4 Å². The summed E-state index contributed by atoms with van der Waals surface area (Å²) in [6, 6.07) is 17.1. The van der Waals surface area contributed by atoms with Gasteiger partial charge in [-0.05, 0) is 53.9 Å². The maximum atomic E-state index is 11.1. The Morgan fingerprint density at radius 1 is 1.00 bits per heavy atom. The lowest BCUT2D eigenvalue weighted by atomic mass is 10.0. The number of benzene rings is 3.